The third-order valence-electron chi connectivity index (χ3n) is 6.56. The van der Waals surface area contributed by atoms with E-state index in [0.29, 0.717) is 0 Å². The van der Waals surface area contributed by atoms with Crippen LogP contribution < -0.4 is 9.80 Å². The van der Waals surface area contributed by atoms with Crippen molar-refractivity contribution in [1.29, 1.82) is 0 Å². The highest BCUT2D eigenvalue weighted by molar-refractivity contribution is 5.94. The topological polar surface area (TPSA) is 6.48 Å². The average Bonchev–Trinajstić information content (AvgIpc) is 3.27. The third-order valence-corrected chi connectivity index (χ3v) is 6.56. The molecular formula is C29H28N2. The van der Waals surface area contributed by atoms with Gasteiger partial charge in [-0.25, -0.2) is 0 Å². The van der Waals surface area contributed by atoms with Gasteiger partial charge in [0, 0.05) is 11.4 Å². The molecule has 1 heterocycles. The molecule has 4 aromatic rings. The molecule has 2 heteroatoms. The number of aryl methyl sites for hydroxylation is 1. The summed E-state index contributed by atoms with van der Waals surface area (Å²) in [6.07, 6.45) is 1.21. The Morgan fingerprint density at radius 2 is 1.32 bits per heavy atom. The molecule has 31 heavy (non-hydrogen) atoms. The van der Waals surface area contributed by atoms with Gasteiger partial charge in [-0.15, -0.1) is 0 Å². The lowest BCUT2D eigenvalue weighted by molar-refractivity contribution is 0.759. The first-order valence-electron chi connectivity index (χ1n) is 10.7. The highest BCUT2D eigenvalue weighted by Gasteiger charge is 2.37. The molecule has 4 aromatic carbocycles. The number of fused-ring (bicyclic) bond motifs is 4. The highest BCUT2D eigenvalue weighted by atomic mass is 15.4. The van der Waals surface area contributed by atoms with Gasteiger partial charge < -0.3 is 9.80 Å². The second-order valence-electron chi connectivity index (χ2n) is 8.33. The van der Waals surface area contributed by atoms with Crippen LogP contribution in [-0.4, -0.2) is 6.17 Å². The van der Waals surface area contributed by atoms with Crippen molar-refractivity contribution in [2.24, 2.45) is 0 Å². The van der Waals surface area contributed by atoms with Crippen molar-refractivity contribution in [3.8, 4) is 11.1 Å². The minimum atomic E-state index is 0. The van der Waals surface area contributed by atoms with Crippen LogP contribution in [0.5, 0.6) is 0 Å². The third kappa shape index (κ3) is 2.86. The second-order valence-corrected chi connectivity index (χ2v) is 8.33. The van der Waals surface area contributed by atoms with E-state index in [1.807, 2.05) is 0 Å². The van der Waals surface area contributed by atoms with Crippen molar-refractivity contribution < 1.29 is 0 Å². The van der Waals surface area contributed by atoms with Crippen molar-refractivity contribution in [1.82, 2.24) is 0 Å². The van der Waals surface area contributed by atoms with Gasteiger partial charge >= 0.3 is 0 Å². The molecule has 0 fully saturated rings. The maximum atomic E-state index is 2.50. The maximum Gasteiger partial charge on any atom is 0.108 e. The number of anilines is 4. The van der Waals surface area contributed by atoms with Gasteiger partial charge in [0.05, 0.1) is 11.4 Å². The van der Waals surface area contributed by atoms with Crippen LogP contribution in [-0.2, 0) is 6.42 Å². The zero-order chi connectivity index (χ0) is 20.2. The molecule has 2 aliphatic rings. The molecule has 0 bridgehead atoms. The molecule has 0 saturated carbocycles. The summed E-state index contributed by atoms with van der Waals surface area (Å²) in [7, 11) is 0. The molecule has 0 saturated heterocycles. The monoisotopic (exact) mass is 404 g/mol. The number of para-hydroxylation sites is 2. The Balaban J connectivity index is 0.00000204. The first-order chi connectivity index (χ1) is 14.7. The van der Waals surface area contributed by atoms with Crippen molar-refractivity contribution in [2.75, 3.05) is 9.80 Å². The predicted molar refractivity (Wildman–Crippen MR) is 133 cm³/mol. The van der Waals surface area contributed by atoms with E-state index < -0.39 is 0 Å². The molecule has 0 aromatic heterocycles. The average molecular weight is 405 g/mol. The molecule has 0 N–H and O–H groups in total. The largest absolute Gasteiger partial charge is 0.319 e. The molecule has 2 nitrogen and oxygen atoms in total. The van der Waals surface area contributed by atoms with Gasteiger partial charge in [-0.1, -0.05) is 68.1 Å². The fourth-order valence-corrected chi connectivity index (χ4v) is 5.17. The standard InChI is InChI=1S/C28H24N2.CH4/c1-19-10-6-9-15-26(19)30-20(2)29(23-12-4-3-5-13-23)28-18-25-22(17-27(28)30)16-21-11-7-8-14-24(21)25;/h3-15,17-18,20H,16H2,1-2H3;1H4/t20-;/m0./s1. The molecule has 1 aliphatic heterocycles. The van der Waals surface area contributed by atoms with Gasteiger partial charge in [-0.3, -0.25) is 0 Å². The van der Waals surface area contributed by atoms with E-state index in [2.05, 4.69) is 115 Å². The fourth-order valence-electron chi connectivity index (χ4n) is 5.17. The van der Waals surface area contributed by atoms with Gasteiger partial charge in [-0.05, 0) is 78.4 Å². The van der Waals surface area contributed by atoms with E-state index in [1.54, 1.807) is 0 Å². The van der Waals surface area contributed by atoms with Crippen molar-refractivity contribution in [2.45, 2.75) is 33.9 Å². The number of rotatable bonds is 2. The quantitative estimate of drug-likeness (QED) is 0.296. The Bertz CT molecular complexity index is 1260. The van der Waals surface area contributed by atoms with Crippen LogP contribution in [0.1, 0.15) is 31.0 Å². The summed E-state index contributed by atoms with van der Waals surface area (Å²) >= 11 is 0. The highest BCUT2D eigenvalue weighted by Crippen LogP contribution is 2.52. The molecule has 0 unspecified atom stereocenters. The zero-order valence-electron chi connectivity index (χ0n) is 17.3. The van der Waals surface area contributed by atoms with E-state index in [1.165, 1.54) is 50.6 Å². The van der Waals surface area contributed by atoms with Crippen LogP contribution in [0.4, 0.5) is 22.7 Å². The summed E-state index contributed by atoms with van der Waals surface area (Å²) in [5.41, 5.74) is 12.0. The zero-order valence-corrected chi connectivity index (χ0v) is 17.3. The van der Waals surface area contributed by atoms with Gasteiger partial charge in [-0.2, -0.15) is 0 Å². The van der Waals surface area contributed by atoms with E-state index in [0.717, 1.165) is 6.42 Å². The summed E-state index contributed by atoms with van der Waals surface area (Å²) in [5.74, 6) is 0. The number of benzene rings is 4. The molecule has 154 valence electrons. The normalized spacial score (nSPS) is 15.9. The first-order valence-corrected chi connectivity index (χ1v) is 10.7. The van der Waals surface area contributed by atoms with Crippen molar-refractivity contribution in [3.05, 3.63) is 108 Å². The summed E-state index contributed by atoms with van der Waals surface area (Å²) in [5, 5.41) is 0. The van der Waals surface area contributed by atoms with E-state index in [9.17, 15) is 0 Å². The number of hydrogen-bond acceptors (Lipinski definition) is 2. The Kier molecular flexibility index (Phi) is 4.59. The van der Waals surface area contributed by atoms with E-state index in [-0.39, 0.29) is 13.6 Å². The number of nitrogens with zero attached hydrogens (tertiary/aromatic N) is 2. The van der Waals surface area contributed by atoms with Crippen LogP contribution in [0.15, 0.2) is 91.0 Å². The Morgan fingerprint density at radius 1 is 0.645 bits per heavy atom. The molecular weight excluding hydrogens is 376 g/mol. The van der Waals surface area contributed by atoms with E-state index in [4.69, 9.17) is 0 Å². The molecule has 0 spiro atoms. The van der Waals surface area contributed by atoms with Gasteiger partial charge in [0.2, 0.25) is 0 Å². The minimum absolute atomic E-state index is 0. The molecule has 1 aliphatic carbocycles. The lowest BCUT2D eigenvalue weighted by Gasteiger charge is -2.31. The smallest absolute Gasteiger partial charge is 0.108 e. The first kappa shape index (κ1) is 19.4. The predicted octanol–water partition coefficient (Wildman–Crippen LogP) is 7.84. The molecule has 6 rings (SSSR count). The maximum absolute atomic E-state index is 2.50. The van der Waals surface area contributed by atoms with Crippen molar-refractivity contribution >= 4 is 22.7 Å². The summed E-state index contributed by atoms with van der Waals surface area (Å²) in [6.45, 7) is 4.51. The molecule has 0 amide bonds. The molecule has 1 atom stereocenters. The summed E-state index contributed by atoms with van der Waals surface area (Å²) < 4.78 is 0. The number of hydrogen-bond donors (Lipinski definition) is 0. The Hall–Kier alpha value is -3.52. The van der Waals surface area contributed by atoms with Gasteiger partial charge in [0.15, 0.2) is 0 Å². The second kappa shape index (κ2) is 7.31. The SMILES string of the molecule is C.Cc1ccccc1N1c2cc3c(cc2N(c2ccccc2)[C@@H]1C)-c1ccccc1C3. The van der Waals surface area contributed by atoms with Crippen molar-refractivity contribution in [3.63, 3.8) is 0 Å². The summed E-state index contributed by atoms with van der Waals surface area (Å²) in [4.78, 5) is 4.98. The lowest BCUT2D eigenvalue weighted by Crippen LogP contribution is -2.35. The molecule has 0 radical (unpaired) electrons. The van der Waals surface area contributed by atoms with Crippen LogP contribution in [0.25, 0.3) is 11.1 Å². The Morgan fingerprint density at radius 3 is 2.13 bits per heavy atom. The van der Waals surface area contributed by atoms with Crippen LogP contribution in [0.2, 0.25) is 0 Å². The van der Waals surface area contributed by atoms with Gasteiger partial charge in [0.25, 0.3) is 0 Å². The lowest BCUT2D eigenvalue weighted by atomic mass is 10.0. The van der Waals surface area contributed by atoms with Gasteiger partial charge in [0.1, 0.15) is 6.17 Å². The summed E-state index contributed by atoms with van der Waals surface area (Å²) in [6, 6.07) is 33.1. The minimum Gasteiger partial charge on any atom is -0.319 e. The van der Waals surface area contributed by atoms with Crippen LogP contribution in [0.3, 0.4) is 0 Å². The van der Waals surface area contributed by atoms with Crippen LogP contribution in [0, 0.1) is 6.92 Å². The Labute approximate surface area is 185 Å². The van der Waals surface area contributed by atoms with E-state index >= 15 is 0 Å². The van der Waals surface area contributed by atoms with Crippen LogP contribution >= 0.6 is 0 Å². The fraction of sp³-hybridized carbons (Fsp3) is 0.172.